The number of nitrogens with zero attached hydrogens (tertiary/aromatic N) is 2. The van der Waals surface area contributed by atoms with Crippen molar-refractivity contribution in [1.82, 2.24) is 15.1 Å². The zero-order valence-corrected chi connectivity index (χ0v) is 14.7. The van der Waals surface area contributed by atoms with Crippen molar-refractivity contribution >= 4 is 30.1 Å². The highest BCUT2D eigenvalue weighted by Crippen LogP contribution is 2.03. The third-order valence-electron chi connectivity index (χ3n) is 3.69. The van der Waals surface area contributed by atoms with Gasteiger partial charge in [0, 0.05) is 33.3 Å². The molecule has 0 aliphatic carbocycles. The molecule has 1 fully saturated rings. The normalized spacial score (nSPS) is 15.9. The Morgan fingerprint density at radius 2 is 1.57 bits per heavy atom. The predicted molar refractivity (Wildman–Crippen MR) is 88.1 cm³/mol. The van der Waals surface area contributed by atoms with Gasteiger partial charge in [-0.25, -0.2) is 0 Å². The molecule has 0 saturated carbocycles. The number of piperazine rings is 1. The SMILES string of the molecule is COCC(=O)N1CCN(C(=O)CNC(=O)[C@@H](N)C(C)C)CC1.Cl. The number of amides is 3. The van der Waals surface area contributed by atoms with Crippen LogP contribution in [0.2, 0.25) is 0 Å². The third-order valence-corrected chi connectivity index (χ3v) is 3.69. The molecular formula is C14H27ClN4O4. The summed E-state index contributed by atoms with van der Waals surface area (Å²) in [5.74, 6) is -0.545. The van der Waals surface area contributed by atoms with Crippen LogP contribution < -0.4 is 11.1 Å². The molecule has 23 heavy (non-hydrogen) atoms. The Balaban J connectivity index is 0.00000484. The zero-order chi connectivity index (χ0) is 16.7. The van der Waals surface area contributed by atoms with E-state index in [0.29, 0.717) is 26.2 Å². The average molecular weight is 351 g/mol. The minimum absolute atomic E-state index is 0. The summed E-state index contributed by atoms with van der Waals surface area (Å²) in [7, 11) is 1.47. The van der Waals surface area contributed by atoms with Crippen LogP contribution >= 0.6 is 12.4 Å². The highest BCUT2D eigenvalue weighted by atomic mass is 35.5. The van der Waals surface area contributed by atoms with Crippen LogP contribution in [0.25, 0.3) is 0 Å². The molecule has 134 valence electrons. The first-order valence-electron chi connectivity index (χ1n) is 7.44. The van der Waals surface area contributed by atoms with E-state index in [1.165, 1.54) is 7.11 Å². The minimum Gasteiger partial charge on any atom is -0.375 e. The van der Waals surface area contributed by atoms with Crippen molar-refractivity contribution in [2.45, 2.75) is 19.9 Å². The van der Waals surface area contributed by atoms with Crippen LogP contribution in [0.15, 0.2) is 0 Å². The van der Waals surface area contributed by atoms with E-state index < -0.39 is 6.04 Å². The van der Waals surface area contributed by atoms with Gasteiger partial charge < -0.3 is 25.6 Å². The van der Waals surface area contributed by atoms with Crippen LogP contribution in [-0.4, -0.2) is 80.0 Å². The molecule has 1 saturated heterocycles. The van der Waals surface area contributed by atoms with Crippen LogP contribution in [0.1, 0.15) is 13.8 Å². The Kier molecular flexibility index (Phi) is 9.78. The fourth-order valence-electron chi connectivity index (χ4n) is 2.12. The van der Waals surface area contributed by atoms with Crippen molar-refractivity contribution in [1.29, 1.82) is 0 Å². The smallest absolute Gasteiger partial charge is 0.248 e. The molecule has 0 bridgehead atoms. The number of hydrogen-bond donors (Lipinski definition) is 2. The Morgan fingerprint density at radius 1 is 1.09 bits per heavy atom. The lowest BCUT2D eigenvalue weighted by Gasteiger charge is -2.34. The number of nitrogens with two attached hydrogens (primary N) is 1. The molecule has 0 radical (unpaired) electrons. The second kappa shape index (κ2) is 10.4. The van der Waals surface area contributed by atoms with Gasteiger partial charge in [-0.1, -0.05) is 13.8 Å². The van der Waals surface area contributed by atoms with Crippen molar-refractivity contribution < 1.29 is 19.1 Å². The quantitative estimate of drug-likeness (QED) is 0.627. The summed E-state index contributed by atoms with van der Waals surface area (Å²) in [6.45, 7) is 5.56. The van der Waals surface area contributed by atoms with Crippen LogP contribution in [0.5, 0.6) is 0 Å². The number of hydrogen-bond acceptors (Lipinski definition) is 5. The highest BCUT2D eigenvalue weighted by Gasteiger charge is 2.25. The lowest BCUT2D eigenvalue weighted by atomic mass is 10.1. The molecule has 1 atom stereocenters. The molecule has 0 aromatic carbocycles. The summed E-state index contributed by atoms with van der Waals surface area (Å²) >= 11 is 0. The number of rotatable bonds is 6. The largest absolute Gasteiger partial charge is 0.375 e. The Morgan fingerprint density at radius 3 is 2.00 bits per heavy atom. The van der Waals surface area contributed by atoms with Crippen LogP contribution in [0, 0.1) is 5.92 Å². The highest BCUT2D eigenvalue weighted by molar-refractivity contribution is 5.87. The van der Waals surface area contributed by atoms with Crippen molar-refractivity contribution in [3.05, 3.63) is 0 Å². The van der Waals surface area contributed by atoms with Crippen LogP contribution in [-0.2, 0) is 19.1 Å². The van der Waals surface area contributed by atoms with Gasteiger partial charge in [-0.3, -0.25) is 14.4 Å². The summed E-state index contributed by atoms with van der Waals surface area (Å²) in [5.41, 5.74) is 5.71. The van der Waals surface area contributed by atoms with E-state index in [9.17, 15) is 14.4 Å². The van der Waals surface area contributed by atoms with Crippen molar-refractivity contribution in [3.63, 3.8) is 0 Å². The van der Waals surface area contributed by atoms with Gasteiger partial charge in [-0.2, -0.15) is 0 Å². The first kappa shape index (κ1) is 21.6. The second-order valence-electron chi connectivity index (χ2n) is 5.68. The van der Waals surface area contributed by atoms with Gasteiger partial charge in [-0.05, 0) is 5.92 Å². The van der Waals surface area contributed by atoms with Crippen molar-refractivity contribution in [2.24, 2.45) is 11.7 Å². The molecule has 1 rings (SSSR count). The van der Waals surface area contributed by atoms with E-state index >= 15 is 0 Å². The maximum Gasteiger partial charge on any atom is 0.248 e. The molecular weight excluding hydrogens is 324 g/mol. The van der Waals surface area contributed by atoms with Gasteiger partial charge in [0.2, 0.25) is 17.7 Å². The Hall–Kier alpha value is -1.38. The number of carbonyl (C=O) groups is 3. The molecule has 8 nitrogen and oxygen atoms in total. The number of nitrogens with one attached hydrogen (secondary N) is 1. The molecule has 0 aromatic heterocycles. The topological polar surface area (TPSA) is 105 Å². The van der Waals surface area contributed by atoms with E-state index in [1.54, 1.807) is 9.80 Å². The Labute approximate surface area is 143 Å². The second-order valence-corrected chi connectivity index (χ2v) is 5.68. The standard InChI is InChI=1S/C14H26N4O4.ClH/c1-10(2)13(15)14(21)16-8-11(19)17-4-6-18(7-5-17)12(20)9-22-3;/h10,13H,4-9,15H2,1-3H3,(H,16,21);1H/t13-;/m0./s1. The first-order chi connectivity index (χ1) is 10.4. The zero-order valence-electron chi connectivity index (χ0n) is 13.9. The van der Waals surface area contributed by atoms with Gasteiger partial charge >= 0.3 is 0 Å². The average Bonchev–Trinajstić information content (AvgIpc) is 2.51. The lowest BCUT2D eigenvalue weighted by Crippen LogP contribution is -2.54. The van der Waals surface area contributed by atoms with Crippen LogP contribution in [0.4, 0.5) is 0 Å². The summed E-state index contributed by atoms with van der Waals surface area (Å²) < 4.78 is 4.81. The number of ether oxygens (including phenoxy) is 1. The van der Waals surface area contributed by atoms with Crippen molar-refractivity contribution in [3.8, 4) is 0 Å². The van der Waals surface area contributed by atoms with Gasteiger partial charge in [0.1, 0.15) is 6.61 Å². The third kappa shape index (κ3) is 6.72. The van der Waals surface area contributed by atoms with Crippen molar-refractivity contribution in [2.75, 3.05) is 46.4 Å². The summed E-state index contributed by atoms with van der Waals surface area (Å²) in [6, 6.07) is -0.615. The summed E-state index contributed by atoms with van der Waals surface area (Å²) in [4.78, 5) is 38.7. The monoisotopic (exact) mass is 350 g/mol. The molecule has 9 heteroatoms. The Bertz CT molecular complexity index is 412. The molecule has 3 N–H and O–H groups in total. The van der Waals surface area contributed by atoms with Gasteiger partial charge in [0.05, 0.1) is 12.6 Å². The van der Waals surface area contributed by atoms with E-state index in [4.69, 9.17) is 10.5 Å². The number of halogens is 1. The van der Waals surface area contributed by atoms with E-state index in [2.05, 4.69) is 5.32 Å². The van der Waals surface area contributed by atoms with Gasteiger partial charge in [-0.15, -0.1) is 12.4 Å². The lowest BCUT2D eigenvalue weighted by molar-refractivity contribution is -0.141. The number of methoxy groups -OCH3 is 1. The summed E-state index contributed by atoms with van der Waals surface area (Å²) in [6.07, 6.45) is 0. The minimum atomic E-state index is -0.615. The maximum atomic E-state index is 12.0. The fourth-order valence-corrected chi connectivity index (χ4v) is 2.12. The van der Waals surface area contributed by atoms with E-state index in [0.717, 1.165) is 0 Å². The van der Waals surface area contributed by atoms with Gasteiger partial charge in [0.15, 0.2) is 0 Å². The van der Waals surface area contributed by atoms with Gasteiger partial charge in [0.25, 0.3) is 0 Å². The molecule has 1 aliphatic rings. The summed E-state index contributed by atoms with van der Waals surface area (Å²) in [5, 5.41) is 2.56. The first-order valence-corrected chi connectivity index (χ1v) is 7.44. The fraction of sp³-hybridized carbons (Fsp3) is 0.786. The van der Waals surface area contributed by atoms with E-state index in [-0.39, 0.29) is 49.2 Å². The number of carbonyl (C=O) groups excluding carboxylic acids is 3. The molecule has 0 aromatic rings. The molecule has 0 unspecified atom stereocenters. The van der Waals surface area contributed by atoms with E-state index in [1.807, 2.05) is 13.8 Å². The maximum absolute atomic E-state index is 12.0. The predicted octanol–water partition coefficient (Wildman–Crippen LogP) is -1.18. The molecule has 1 heterocycles. The molecule has 3 amide bonds. The molecule has 0 spiro atoms. The molecule has 1 aliphatic heterocycles. The van der Waals surface area contributed by atoms with Crippen LogP contribution in [0.3, 0.4) is 0 Å².